The first-order valence-electron chi connectivity index (χ1n) is 14.2. The number of nitrogens with one attached hydrogen (secondary N) is 1. The lowest BCUT2D eigenvalue weighted by molar-refractivity contribution is 0.0512. The van der Waals surface area contributed by atoms with Gasteiger partial charge in [0.25, 0.3) is 0 Å². The van der Waals surface area contributed by atoms with Crippen molar-refractivity contribution in [3.8, 4) is 11.3 Å². The number of piperidine rings is 1. The normalized spacial score (nSPS) is 14.6. The van der Waals surface area contributed by atoms with Gasteiger partial charge in [0.2, 0.25) is 10.9 Å². The summed E-state index contributed by atoms with van der Waals surface area (Å²) in [5.41, 5.74) is 9.00. The SMILES string of the molecule is CCc1ccc(N(CCN2CCC(Cn3cc(-c4c(C(=O)OCCN)[nH]c5ccc(F)cc45)nn3)CC2)[SH](=O)=O)cc1. The van der Waals surface area contributed by atoms with Crippen molar-refractivity contribution < 1.29 is 22.3 Å². The van der Waals surface area contributed by atoms with E-state index in [4.69, 9.17) is 10.5 Å². The van der Waals surface area contributed by atoms with Gasteiger partial charge in [-0.25, -0.2) is 17.6 Å². The van der Waals surface area contributed by atoms with Crippen LogP contribution >= 0.6 is 0 Å². The third-order valence-electron chi connectivity index (χ3n) is 7.73. The highest BCUT2D eigenvalue weighted by Gasteiger charge is 2.25. The van der Waals surface area contributed by atoms with Gasteiger partial charge >= 0.3 is 5.97 Å². The number of halogens is 1. The van der Waals surface area contributed by atoms with E-state index >= 15 is 0 Å². The van der Waals surface area contributed by atoms with E-state index in [1.165, 1.54) is 22.0 Å². The number of carbonyl (C=O) groups excluding carboxylic acids is 1. The molecule has 0 amide bonds. The van der Waals surface area contributed by atoms with Crippen LogP contribution in [-0.2, 0) is 28.6 Å². The van der Waals surface area contributed by atoms with Crippen LogP contribution in [0.15, 0.2) is 48.7 Å². The van der Waals surface area contributed by atoms with Crippen LogP contribution in [-0.4, -0.2) is 78.6 Å². The van der Waals surface area contributed by atoms with Crippen LogP contribution in [0.4, 0.5) is 10.1 Å². The number of benzene rings is 2. The summed E-state index contributed by atoms with van der Waals surface area (Å²) in [5, 5.41) is 9.13. The minimum Gasteiger partial charge on any atom is -0.460 e. The van der Waals surface area contributed by atoms with E-state index in [9.17, 15) is 17.6 Å². The minimum absolute atomic E-state index is 0.0622. The molecule has 5 rings (SSSR count). The summed E-state index contributed by atoms with van der Waals surface area (Å²) in [6, 6.07) is 11.9. The molecule has 13 heteroatoms. The summed E-state index contributed by atoms with van der Waals surface area (Å²) in [7, 11) is -2.73. The molecule has 2 aromatic heterocycles. The molecule has 2 aromatic carbocycles. The number of nitrogens with zero attached hydrogens (tertiary/aromatic N) is 5. The zero-order valence-corrected chi connectivity index (χ0v) is 24.4. The average molecular weight is 598 g/mol. The molecule has 11 nitrogen and oxygen atoms in total. The Morgan fingerprint density at radius 1 is 1.19 bits per heavy atom. The molecule has 1 aliphatic rings. The van der Waals surface area contributed by atoms with Crippen molar-refractivity contribution in [2.45, 2.75) is 32.7 Å². The fraction of sp³-hybridized carbons (Fsp3) is 0.414. The van der Waals surface area contributed by atoms with Crippen LogP contribution < -0.4 is 10.0 Å². The Hall–Kier alpha value is -3.81. The Morgan fingerprint density at radius 3 is 2.64 bits per heavy atom. The molecular weight excluding hydrogens is 561 g/mol. The molecule has 3 N–H and O–H groups in total. The first-order chi connectivity index (χ1) is 20.4. The first kappa shape index (κ1) is 29.7. The van der Waals surface area contributed by atoms with Gasteiger partial charge in [0.1, 0.15) is 23.8 Å². The van der Waals surface area contributed by atoms with Crippen molar-refractivity contribution in [3.05, 3.63) is 65.7 Å². The fourth-order valence-electron chi connectivity index (χ4n) is 5.41. The number of esters is 1. The molecule has 0 unspecified atom stereocenters. The number of anilines is 1. The van der Waals surface area contributed by atoms with Crippen molar-refractivity contribution in [2.24, 2.45) is 11.7 Å². The number of aromatic amines is 1. The van der Waals surface area contributed by atoms with Gasteiger partial charge in [0.05, 0.1) is 11.9 Å². The van der Waals surface area contributed by atoms with E-state index in [-0.39, 0.29) is 18.8 Å². The molecular formula is C29H36FN7O4S. The molecule has 0 saturated carbocycles. The highest BCUT2D eigenvalue weighted by Crippen LogP contribution is 2.32. The Morgan fingerprint density at radius 2 is 1.95 bits per heavy atom. The number of hydrogen-bond acceptors (Lipinski definition) is 8. The molecule has 1 aliphatic heterocycles. The third kappa shape index (κ3) is 6.80. The van der Waals surface area contributed by atoms with Crippen molar-refractivity contribution in [3.63, 3.8) is 0 Å². The fourth-order valence-corrected chi connectivity index (χ4v) is 5.99. The van der Waals surface area contributed by atoms with Gasteiger partial charge in [-0.2, -0.15) is 0 Å². The van der Waals surface area contributed by atoms with E-state index in [0.717, 1.165) is 32.4 Å². The molecule has 0 radical (unpaired) electrons. The maximum atomic E-state index is 14.1. The van der Waals surface area contributed by atoms with Gasteiger partial charge in [-0.05, 0) is 74.2 Å². The Kier molecular flexibility index (Phi) is 9.50. The van der Waals surface area contributed by atoms with Gasteiger partial charge in [0.15, 0.2) is 0 Å². The number of hydrogen-bond donors (Lipinski definition) is 3. The number of aromatic nitrogens is 4. The molecule has 0 aliphatic carbocycles. The summed E-state index contributed by atoms with van der Waals surface area (Å²) in [5.74, 6) is -0.658. The molecule has 42 heavy (non-hydrogen) atoms. The number of H-pyrrole nitrogens is 1. The molecule has 0 spiro atoms. The number of carbonyl (C=O) groups is 1. The molecule has 1 fully saturated rings. The van der Waals surface area contributed by atoms with E-state index in [0.29, 0.717) is 53.4 Å². The Labute approximate surface area is 245 Å². The highest BCUT2D eigenvalue weighted by molar-refractivity contribution is 7.74. The monoisotopic (exact) mass is 597 g/mol. The summed E-state index contributed by atoms with van der Waals surface area (Å²) in [4.78, 5) is 18.1. The molecule has 4 aromatic rings. The average Bonchev–Trinajstić information content (AvgIpc) is 3.61. The standard InChI is InChI=1S/C29H36FN7O4S/c1-2-20-3-6-23(7-4-20)37(42(39)40)15-14-35-12-9-21(10-13-35)18-36-19-26(33-34-36)27-24-17-22(30)5-8-25(24)32-28(27)29(38)41-16-11-31/h3-8,17,19,21,32,42H,2,9-16,18,31H2,1H3. The van der Waals surface area contributed by atoms with E-state index in [1.54, 1.807) is 16.9 Å². The smallest absolute Gasteiger partial charge is 0.355 e. The van der Waals surface area contributed by atoms with Crippen molar-refractivity contribution in [1.82, 2.24) is 24.9 Å². The van der Waals surface area contributed by atoms with Crippen LogP contribution in [0.2, 0.25) is 0 Å². The lowest BCUT2D eigenvalue weighted by Crippen LogP contribution is -2.40. The largest absolute Gasteiger partial charge is 0.460 e. The lowest BCUT2D eigenvalue weighted by atomic mass is 9.97. The maximum Gasteiger partial charge on any atom is 0.355 e. The van der Waals surface area contributed by atoms with Gasteiger partial charge in [-0.3, -0.25) is 8.99 Å². The summed E-state index contributed by atoms with van der Waals surface area (Å²) >= 11 is 0. The topological polar surface area (TPSA) is 139 Å². The zero-order chi connectivity index (χ0) is 29.6. The van der Waals surface area contributed by atoms with Crippen molar-refractivity contribution in [1.29, 1.82) is 0 Å². The van der Waals surface area contributed by atoms with Crippen LogP contribution in [0.25, 0.3) is 22.2 Å². The van der Waals surface area contributed by atoms with E-state index < -0.39 is 22.7 Å². The van der Waals surface area contributed by atoms with Gasteiger partial charge in [-0.15, -0.1) is 5.10 Å². The minimum atomic E-state index is -2.73. The van der Waals surface area contributed by atoms with Gasteiger partial charge in [-0.1, -0.05) is 24.3 Å². The second kappa shape index (κ2) is 13.4. The predicted molar refractivity (Wildman–Crippen MR) is 159 cm³/mol. The van der Waals surface area contributed by atoms with Crippen LogP contribution in [0.5, 0.6) is 0 Å². The summed E-state index contributed by atoms with van der Waals surface area (Å²) in [6.07, 6.45) is 4.53. The van der Waals surface area contributed by atoms with E-state index in [2.05, 4.69) is 27.1 Å². The Balaban J connectivity index is 1.21. The number of rotatable bonds is 12. The lowest BCUT2D eigenvalue weighted by Gasteiger charge is -2.32. The summed E-state index contributed by atoms with van der Waals surface area (Å²) < 4.78 is 46.4. The Bertz CT molecular complexity index is 1590. The molecule has 0 atom stereocenters. The van der Waals surface area contributed by atoms with Crippen LogP contribution in [0.1, 0.15) is 35.8 Å². The maximum absolute atomic E-state index is 14.1. The van der Waals surface area contributed by atoms with Gasteiger partial charge in [0, 0.05) is 42.6 Å². The number of ether oxygens (including phenoxy) is 1. The third-order valence-corrected chi connectivity index (χ3v) is 8.56. The molecule has 3 heterocycles. The molecule has 224 valence electrons. The van der Waals surface area contributed by atoms with Crippen LogP contribution in [0.3, 0.4) is 0 Å². The first-order valence-corrected chi connectivity index (χ1v) is 15.3. The number of aryl methyl sites for hydroxylation is 1. The molecule has 0 bridgehead atoms. The predicted octanol–water partition coefficient (Wildman–Crippen LogP) is 2.99. The number of fused-ring (bicyclic) bond motifs is 1. The number of thiol groups is 1. The highest BCUT2D eigenvalue weighted by atomic mass is 32.2. The van der Waals surface area contributed by atoms with Crippen molar-refractivity contribution in [2.75, 3.05) is 43.6 Å². The zero-order valence-electron chi connectivity index (χ0n) is 23.5. The summed E-state index contributed by atoms with van der Waals surface area (Å²) in [6.45, 7) is 5.72. The van der Waals surface area contributed by atoms with Crippen molar-refractivity contribution >= 4 is 33.4 Å². The second-order valence-corrected chi connectivity index (χ2v) is 11.4. The quantitative estimate of drug-likeness (QED) is 0.167. The number of likely N-dealkylation sites (tertiary alicyclic amines) is 1. The van der Waals surface area contributed by atoms with Crippen LogP contribution in [0, 0.1) is 11.7 Å². The van der Waals surface area contributed by atoms with E-state index in [1.807, 2.05) is 24.3 Å². The molecule has 1 saturated heterocycles. The second-order valence-electron chi connectivity index (χ2n) is 10.5. The number of nitrogens with two attached hydrogens (primary N) is 1. The van der Waals surface area contributed by atoms with Gasteiger partial charge < -0.3 is 20.4 Å².